The summed E-state index contributed by atoms with van der Waals surface area (Å²) in [5.74, 6) is -1.00. The average Bonchev–Trinajstić information content (AvgIpc) is 2.64. The quantitative estimate of drug-likeness (QED) is 0.652. The van der Waals surface area contributed by atoms with Crippen molar-refractivity contribution in [3.8, 4) is 5.75 Å². The number of carbonyl (C=O) groups is 1. The first-order valence-corrected chi connectivity index (χ1v) is 9.66. The number of halogens is 2. The van der Waals surface area contributed by atoms with E-state index >= 15 is 0 Å². The summed E-state index contributed by atoms with van der Waals surface area (Å²) in [6, 6.07) is 10.4. The van der Waals surface area contributed by atoms with E-state index in [4.69, 9.17) is 9.47 Å². The van der Waals surface area contributed by atoms with Gasteiger partial charge in [0, 0.05) is 29.1 Å². The molecule has 1 atom stereocenters. The predicted octanol–water partition coefficient (Wildman–Crippen LogP) is 4.44. The van der Waals surface area contributed by atoms with E-state index in [0.29, 0.717) is 11.8 Å². The number of rotatable bonds is 8. The second kappa shape index (κ2) is 8.92. The normalized spacial score (nSPS) is 13.7. The van der Waals surface area contributed by atoms with Crippen LogP contribution in [0.25, 0.3) is 0 Å². The summed E-state index contributed by atoms with van der Waals surface area (Å²) in [7, 11) is 1.58. The van der Waals surface area contributed by atoms with Gasteiger partial charge in [0.05, 0.1) is 7.11 Å². The minimum Gasteiger partial charge on any atom is -0.497 e. The van der Waals surface area contributed by atoms with Crippen molar-refractivity contribution in [3.63, 3.8) is 0 Å². The molecule has 0 saturated carbocycles. The van der Waals surface area contributed by atoms with Crippen molar-refractivity contribution in [2.45, 2.75) is 36.9 Å². The van der Waals surface area contributed by atoms with Crippen LogP contribution in [0.15, 0.2) is 42.5 Å². The molecule has 2 aromatic rings. The molecule has 0 bridgehead atoms. The molecule has 0 aliphatic heterocycles. The highest BCUT2D eigenvalue weighted by Crippen LogP contribution is 2.45. The van der Waals surface area contributed by atoms with Crippen LogP contribution >= 0.6 is 11.8 Å². The van der Waals surface area contributed by atoms with E-state index in [0.717, 1.165) is 17.4 Å². The molecule has 7 heteroatoms. The lowest BCUT2D eigenvalue weighted by atomic mass is 9.82. The van der Waals surface area contributed by atoms with Crippen LogP contribution in [0.2, 0.25) is 0 Å². The number of hydrogen-bond donors (Lipinski definition) is 1. The van der Waals surface area contributed by atoms with Gasteiger partial charge in [-0.3, -0.25) is 4.79 Å². The van der Waals surface area contributed by atoms with E-state index in [1.54, 1.807) is 21.0 Å². The zero-order valence-electron chi connectivity index (χ0n) is 16.3. The Morgan fingerprint density at radius 1 is 1.14 bits per heavy atom. The number of thioether (sulfide) groups is 1. The summed E-state index contributed by atoms with van der Waals surface area (Å²) in [6.45, 7) is 4.22. The SMILES string of the molecule is COc1ccc(CSC(C)(C)[C@@](O)(COC(C)=O)c2ccc(F)cc2F)cc1. The van der Waals surface area contributed by atoms with Crippen LogP contribution in [0.4, 0.5) is 8.78 Å². The van der Waals surface area contributed by atoms with Crippen molar-refractivity contribution in [1.29, 1.82) is 0 Å². The number of benzene rings is 2. The third kappa shape index (κ3) is 5.02. The Kier molecular flexibility index (Phi) is 7.06. The molecular weight excluding hydrogens is 386 g/mol. The van der Waals surface area contributed by atoms with Crippen LogP contribution < -0.4 is 4.74 Å². The highest BCUT2D eigenvalue weighted by atomic mass is 32.2. The standard InChI is InChI=1S/C21H24F2O4S/c1-14(24)27-13-21(25,18-10-7-16(22)11-19(18)23)20(2,3)28-12-15-5-8-17(26-4)9-6-15/h5-11,25H,12-13H2,1-4H3/t21-/m1/s1. The Hall–Kier alpha value is -2.12. The molecule has 0 aliphatic carbocycles. The molecule has 2 aromatic carbocycles. The molecule has 0 radical (unpaired) electrons. The van der Waals surface area contributed by atoms with Gasteiger partial charge in [-0.15, -0.1) is 11.8 Å². The third-order valence-corrected chi connectivity index (χ3v) is 6.15. The maximum absolute atomic E-state index is 14.5. The van der Waals surface area contributed by atoms with Crippen LogP contribution in [0.3, 0.4) is 0 Å². The van der Waals surface area contributed by atoms with Crippen molar-refractivity contribution in [3.05, 3.63) is 65.2 Å². The lowest BCUT2D eigenvalue weighted by Gasteiger charge is -2.42. The Balaban J connectivity index is 2.32. The second-order valence-electron chi connectivity index (χ2n) is 6.91. The average molecular weight is 410 g/mol. The van der Waals surface area contributed by atoms with Crippen molar-refractivity contribution in [2.24, 2.45) is 0 Å². The van der Waals surface area contributed by atoms with E-state index in [2.05, 4.69) is 0 Å². The lowest BCUT2D eigenvalue weighted by Crippen LogP contribution is -2.49. The van der Waals surface area contributed by atoms with Crippen LogP contribution in [-0.4, -0.2) is 29.5 Å². The van der Waals surface area contributed by atoms with Crippen molar-refractivity contribution in [1.82, 2.24) is 0 Å². The highest BCUT2D eigenvalue weighted by molar-refractivity contribution is 7.99. The fourth-order valence-electron chi connectivity index (χ4n) is 2.71. The van der Waals surface area contributed by atoms with Crippen molar-refractivity contribution < 1.29 is 28.2 Å². The fraction of sp³-hybridized carbons (Fsp3) is 0.381. The molecule has 4 nitrogen and oxygen atoms in total. The van der Waals surface area contributed by atoms with Gasteiger partial charge in [-0.2, -0.15) is 0 Å². The molecule has 0 aliphatic rings. The maximum Gasteiger partial charge on any atom is 0.302 e. The zero-order valence-corrected chi connectivity index (χ0v) is 17.1. The van der Waals surface area contributed by atoms with Gasteiger partial charge in [-0.05, 0) is 37.6 Å². The number of methoxy groups -OCH3 is 1. The van der Waals surface area contributed by atoms with Crippen LogP contribution in [0.1, 0.15) is 31.9 Å². The van der Waals surface area contributed by atoms with Gasteiger partial charge < -0.3 is 14.6 Å². The Bertz CT molecular complexity index is 824. The summed E-state index contributed by atoms with van der Waals surface area (Å²) in [5, 5.41) is 11.4. The monoisotopic (exact) mass is 410 g/mol. The van der Waals surface area contributed by atoms with E-state index in [-0.39, 0.29) is 5.56 Å². The Labute approximate surface area is 167 Å². The first-order valence-electron chi connectivity index (χ1n) is 8.67. The molecule has 0 aromatic heterocycles. The lowest BCUT2D eigenvalue weighted by molar-refractivity contribution is -0.151. The van der Waals surface area contributed by atoms with E-state index in [1.165, 1.54) is 24.8 Å². The summed E-state index contributed by atoms with van der Waals surface area (Å²) in [4.78, 5) is 11.3. The van der Waals surface area contributed by atoms with Crippen LogP contribution in [0.5, 0.6) is 5.75 Å². The van der Waals surface area contributed by atoms with Gasteiger partial charge in [0.2, 0.25) is 0 Å². The molecule has 0 heterocycles. The second-order valence-corrected chi connectivity index (χ2v) is 8.51. The van der Waals surface area contributed by atoms with Gasteiger partial charge in [0.25, 0.3) is 0 Å². The number of esters is 1. The predicted molar refractivity (Wildman–Crippen MR) is 105 cm³/mol. The third-order valence-electron chi connectivity index (χ3n) is 4.62. The smallest absolute Gasteiger partial charge is 0.302 e. The molecule has 0 amide bonds. The first-order chi connectivity index (χ1) is 13.1. The molecule has 0 fully saturated rings. The number of aliphatic hydroxyl groups is 1. The highest BCUT2D eigenvalue weighted by Gasteiger charge is 2.48. The maximum atomic E-state index is 14.5. The van der Waals surface area contributed by atoms with Crippen LogP contribution in [0, 0.1) is 11.6 Å². The van der Waals surface area contributed by atoms with E-state index in [1.807, 2.05) is 24.3 Å². The van der Waals surface area contributed by atoms with Gasteiger partial charge in [-0.25, -0.2) is 8.78 Å². The molecule has 0 saturated heterocycles. The van der Waals surface area contributed by atoms with E-state index in [9.17, 15) is 18.7 Å². The zero-order chi connectivity index (χ0) is 20.9. The minimum absolute atomic E-state index is 0.123. The number of carbonyl (C=O) groups excluding carboxylic acids is 1. The molecule has 1 N–H and O–H groups in total. The Morgan fingerprint density at radius 2 is 1.79 bits per heavy atom. The van der Waals surface area contributed by atoms with Gasteiger partial charge in [0.1, 0.15) is 29.6 Å². The minimum atomic E-state index is -1.87. The summed E-state index contributed by atoms with van der Waals surface area (Å²) < 4.78 is 37.0. The van der Waals surface area contributed by atoms with Crippen molar-refractivity contribution in [2.75, 3.05) is 13.7 Å². The topological polar surface area (TPSA) is 55.8 Å². The van der Waals surface area contributed by atoms with Crippen LogP contribution in [-0.2, 0) is 20.9 Å². The van der Waals surface area contributed by atoms with Gasteiger partial charge >= 0.3 is 5.97 Å². The molecule has 28 heavy (non-hydrogen) atoms. The molecule has 0 unspecified atom stereocenters. The summed E-state index contributed by atoms with van der Waals surface area (Å²) in [6.07, 6.45) is 0. The Morgan fingerprint density at radius 3 is 2.32 bits per heavy atom. The molecular formula is C21H24F2O4S. The molecule has 0 spiro atoms. The van der Waals surface area contributed by atoms with Gasteiger partial charge in [-0.1, -0.05) is 18.2 Å². The number of ether oxygens (including phenoxy) is 2. The van der Waals surface area contributed by atoms with E-state index < -0.39 is 34.6 Å². The summed E-state index contributed by atoms with van der Waals surface area (Å²) in [5.41, 5.74) is -1.01. The number of hydrogen-bond acceptors (Lipinski definition) is 5. The first kappa shape index (κ1) is 22.2. The fourth-order valence-corrected chi connectivity index (χ4v) is 3.84. The molecule has 2 rings (SSSR count). The summed E-state index contributed by atoms with van der Waals surface area (Å²) >= 11 is 1.37. The largest absolute Gasteiger partial charge is 0.497 e. The van der Waals surface area contributed by atoms with Gasteiger partial charge in [0.15, 0.2) is 0 Å². The molecule has 152 valence electrons. The van der Waals surface area contributed by atoms with Crippen molar-refractivity contribution >= 4 is 17.7 Å².